The number of fused-ring (bicyclic) bond motifs is 1. The van der Waals surface area contributed by atoms with Crippen molar-refractivity contribution in [3.63, 3.8) is 0 Å². The van der Waals surface area contributed by atoms with E-state index in [1.165, 1.54) is 18.4 Å². The lowest BCUT2D eigenvalue weighted by atomic mass is 9.93. The zero-order valence-corrected chi connectivity index (χ0v) is 16.7. The maximum absolute atomic E-state index is 13.6. The second-order valence-corrected chi connectivity index (χ2v) is 7.17. The highest BCUT2D eigenvalue weighted by atomic mass is 16.5. The molecule has 0 unspecified atom stereocenters. The fraction of sp³-hybridized carbons (Fsp3) is 0.304. The van der Waals surface area contributed by atoms with Crippen LogP contribution in [0.15, 0.2) is 48.7 Å². The lowest BCUT2D eigenvalue weighted by Gasteiger charge is -2.32. The molecule has 0 N–H and O–H groups in total. The third kappa shape index (κ3) is 3.46. The van der Waals surface area contributed by atoms with Crippen LogP contribution in [-0.2, 0) is 4.79 Å². The van der Waals surface area contributed by atoms with Crippen LogP contribution in [0.2, 0.25) is 0 Å². The van der Waals surface area contributed by atoms with Crippen molar-refractivity contribution in [3.8, 4) is 11.5 Å². The van der Waals surface area contributed by atoms with Gasteiger partial charge < -0.3 is 14.4 Å². The standard InChI is InChI=1S/C23H24N2O4/c1-28-16-10-11-21(29-2)20(14-16)25-22(26)18-9-5-4-8-17(18)19(23(25)27)15-24-12-6-3-7-13-24/h4-5,8-11,14-15H,3,6-7,12-13H2,1-2H3. The minimum absolute atomic E-state index is 0.356. The molecule has 0 spiro atoms. The van der Waals surface area contributed by atoms with Crippen LogP contribution in [0.5, 0.6) is 11.5 Å². The second-order valence-electron chi connectivity index (χ2n) is 7.17. The van der Waals surface area contributed by atoms with Crippen LogP contribution in [0.4, 0.5) is 5.69 Å². The van der Waals surface area contributed by atoms with Crippen molar-refractivity contribution in [2.24, 2.45) is 0 Å². The normalized spacial score (nSPS) is 18.1. The number of methoxy groups -OCH3 is 2. The monoisotopic (exact) mass is 392 g/mol. The van der Waals surface area contributed by atoms with Gasteiger partial charge in [-0.05, 0) is 37.5 Å². The molecule has 2 aromatic carbocycles. The van der Waals surface area contributed by atoms with E-state index >= 15 is 0 Å². The summed E-state index contributed by atoms with van der Waals surface area (Å²) >= 11 is 0. The van der Waals surface area contributed by atoms with Crippen molar-refractivity contribution in [2.75, 3.05) is 32.2 Å². The fourth-order valence-corrected chi connectivity index (χ4v) is 3.90. The third-order valence-corrected chi connectivity index (χ3v) is 5.41. The number of benzene rings is 2. The number of carbonyl (C=O) groups is 2. The van der Waals surface area contributed by atoms with E-state index in [2.05, 4.69) is 4.90 Å². The molecule has 0 aromatic heterocycles. The lowest BCUT2D eigenvalue weighted by molar-refractivity contribution is -0.112. The van der Waals surface area contributed by atoms with Gasteiger partial charge >= 0.3 is 0 Å². The number of likely N-dealkylation sites (tertiary alicyclic amines) is 1. The summed E-state index contributed by atoms with van der Waals surface area (Å²) < 4.78 is 10.7. The number of piperidine rings is 1. The molecule has 0 atom stereocenters. The molecule has 6 heteroatoms. The number of ether oxygens (including phenoxy) is 2. The van der Waals surface area contributed by atoms with Crippen molar-refractivity contribution in [3.05, 3.63) is 59.8 Å². The summed E-state index contributed by atoms with van der Waals surface area (Å²) in [5.74, 6) is 0.254. The van der Waals surface area contributed by atoms with E-state index in [1.54, 1.807) is 31.4 Å². The van der Waals surface area contributed by atoms with Gasteiger partial charge in [-0.1, -0.05) is 18.2 Å². The predicted molar refractivity (Wildman–Crippen MR) is 111 cm³/mol. The molecule has 4 rings (SSSR count). The predicted octanol–water partition coefficient (Wildman–Crippen LogP) is 3.72. The van der Waals surface area contributed by atoms with Gasteiger partial charge in [-0.15, -0.1) is 0 Å². The van der Waals surface area contributed by atoms with Crippen LogP contribution in [0.25, 0.3) is 5.57 Å². The van der Waals surface area contributed by atoms with Gasteiger partial charge in [0.25, 0.3) is 11.8 Å². The van der Waals surface area contributed by atoms with Gasteiger partial charge in [0.1, 0.15) is 11.5 Å². The molecule has 1 saturated heterocycles. The molecule has 29 heavy (non-hydrogen) atoms. The highest BCUT2D eigenvalue weighted by Crippen LogP contribution is 2.38. The molecule has 2 amide bonds. The Morgan fingerprint density at radius 1 is 0.862 bits per heavy atom. The summed E-state index contributed by atoms with van der Waals surface area (Å²) in [5.41, 5.74) is 2.07. The molecule has 150 valence electrons. The summed E-state index contributed by atoms with van der Waals surface area (Å²) in [6.07, 6.45) is 5.32. The maximum atomic E-state index is 13.6. The number of hydrogen-bond acceptors (Lipinski definition) is 5. The Balaban J connectivity index is 1.86. The number of hydrogen-bond donors (Lipinski definition) is 0. The van der Waals surface area contributed by atoms with E-state index in [-0.39, 0.29) is 11.8 Å². The zero-order chi connectivity index (χ0) is 20.4. The first kappa shape index (κ1) is 19.1. The topological polar surface area (TPSA) is 59.1 Å². The maximum Gasteiger partial charge on any atom is 0.267 e. The summed E-state index contributed by atoms with van der Waals surface area (Å²) in [7, 11) is 3.06. The molecular weight excluding hydrogens is 368 g/mol. The first-order chi connectivity index (χ1) is 14.1. The van der Waals surface area contributed by atoms with E-state index in [0.29, 0.717) is 33.9 Å². The molecule has 0 aliphatic carbocycles. The van der Waals surface area contributed by atoms with Crippen molar-refractivity contribution in [2.45, 2.75) is 19.3 Å². The van der Waals surface area contributed by atoms with Gasteiger partial charge in [0, 0.05) is 36.5 Å². The third-order valence-electron chi connectivity index (χ3n) is 5.41. The van der Waals surface area contributed by atoms with E-state index in [0.717, 1.165) is 25.9 Å². The summed E-state index contributed by atoms with van der Waals surface area (Å²) in [6, 6.07) is 12.3. The van der Waals surface area contributed by atoms with Crippen molar-refractivity contribution in [1.29, 1.82) is 0 Å². The van der Waals surface area contributed by atoms with Gasteiger partial charge in [-0.25, -0.2) is 4.90 Å². The Morgan fingerprint density at radius 3 is 2.28 bits per heavy atom. The van der Waals surface area contributed by atoms with Crippen molar-refractivity contribution >= 4 is 23.1 Å². The minimum Gasteiger partial charge on any atom is -0.497 e. The molecule has 6 nitrogen and oxygen atoms in total. The molecule has 2 heterocycles. The Morgan fingerprint density at radius 2 is 1.59 bits per heavy atom. The van der Waals surface area contributed by atoms with E-state index < -0.39 is 0 Å². The average molecular weight is 392 g/mol. The van der Waals surface area contributed by atoms with Gasteiger partial charge in [-0.3, -0.25) is 9.59 Å². The van der Waals surface area contributed by atoms with Crippen LogP contribution in [-0.4, -0.2) is 44.0 Å². The smallest absolute Gasteiger partial charge is 0.267 e. The first-order valence-electron chi connectivity index (χ1n) is 9.80. The SMILES string of the molecule is COc1ccc(OC)c(N2C(=O)C(=CN3CCCCC3)c3ccccc3C2=O)c1. The molecule has 0 bridgehead atoms. The number of amides is 2. The molecule has 0 saturated carbocycles. The number of anilines is 1. The average Bonchev–Trinajstić information content (AvgIpc) is 2.77. The largest absolute Gasteiger partial charge is 0.497 e. The van der Waals surface area contributed by atoms with Crippen LogP contribution >= 0.6 is 0 Å². The van der Waals surface area contributed by atoms with Gasteiger partial charge in [-0.2, -0.15) is 0 Å². The number of rotatable bonds is 4. The Bertz CT molecular complexity index is 977. The number of imide groups is 1. The molecule has 1 fully saturated rings. The molecular formula is C23H24N2O4. The summed E-state index contributed by atoms with van der Waals surface area (Å²) in [4.78, 5) is 30.2. The summed E-state index contributed by atoms with van der Waals surface area (Å²) in [5, 5.41) is 0. The van der Waals surface area contributed by atoms with Crippen molar-refractivity contribution < 1.29 is 19.1 Å². The van der Waals surface area contributed by atoms with E-state index in [4.69, 9.17) is 9.47 Å². The van der Waals surface area contributed by atoms with Crippen molar-refractivity contribution in [1.82, 2.24) is 4.90 Å². The Hall–Kier alpha value is -3.28. The van der Waals surface area contributed by atoms with Gasteiger partial charge in [0.15, 0.2) is 0 Å². The quantitative estimate of drug-likeness (QED) is 0.586. The second kappa shape index (κ2) is 7.99. The number of nitrogens with zero attached hydrogens (tertiary/aromatic N) is 2. The van der Waals surface area contributed by atoms with Gasteiger partial charge in [0.05, 0.1) is 25.5 Å². The molecule has 2 aliphatic heterocycles. The highest BCUT2D eigenvalue weighted by molar-refractivity contribution is 6.41. The molecule has 2 aromatic rings. The lowest BCUT2D eigenvalue weighted by Crippen LogP contribution is -2.42. The highest BCUT2D eigenvalue weighted by Gasteiger charge is 2.37. The minimum atomic E-state index is -0.368. The van der Waals surface area contributed by atoms with E-state index in [1.807, 2.05) is 24.4 Å². The van der Waals surface area contributed by atoms with Crippen LogP contribution in [0.3, 0.4) is 0 Å². The molecule has 0 radical (unpaired) electrons. The van der Waals surface area contributed by atoms with E-state index in [9.17, 15) is 9.59 Å². The Labute approximate surface area is 170 Å². The van der Waals surface area contributed by atoms with Crippen LogP contribution in [0.1, 0.15) is 35.2 Å². The summed E-state index contributed by atoms with van der Waals surface area (Å²) in [6.45, 7) is 1.82. The van der Waals surface area contributed by atoms with Crippen LogP contribution in [0, 0.1) is 0 Å². The van der Waals surface area contributed by atoms with Crippen LogP contribution < -0.4 is 14.4 Å². The zero-order valence-electron chi connectivity index (χ0n) is 16.7. The first-order valence-corrected chi connectivity index (χ1v) is 9.80. The molecule has 2 aliphatic rings. The fourth-order valence-electron chi connectivity index (χ4n) is 3.90. The van der Waals surface area contributed by atoms with Gasteiger partial charge in [0.2, 0.25) is 0 Å². The number of carbonyl (C=O) groups excluding carboxylic acids is 2. The Kier molecular flexibility index (Phi) is 5.25.